The molecule has 3 heteroatoms. The van der Waals surface area contributed by atoms with Gasteiger partial charge in [0.2, 0.25) is 0 Å². The molecule has 2 fully saturated rings. The first-order valence-corrected chi connectivity index (χ1v) is 6.16. The molecule has 1 aromatic rings. The van der Waals surface area contributed by atoms with Gasteiger partial charge in [-0.2, -0.15) is 0 Å². The average molecular weight is 231 g/mol. The summed E-state index contributed by atoms with van der Waals surface area (Å²) in [4.78, 5) is 13.2. The Labute approximate surface area is 101 Å². The van der Waals surface area contributed by atoms with Gasteiger partial charge >= 0.3 is 5.97 Å². The summed E-state index contributed by atoms with van der Waals surface area (Å²) >= 11 is 0. The van der Waals surface area contributed by atoms with Crippen LogP contribution in [0.5, 0.6) is 0 Å². The fourth-order valence-electron chi connectivity index (χ4n) is 3.27. The van der Waals surface area contributed by atoms with Crippen molar-refractivity contribution in [1.29, 1.82) is 0 Å². The summed E-state index contributed by atoms with van der Waals surface area (Å²) in [5.74, 6) is -0.689. The van der Waals surface area contributed by atoms with Crippen molar-refractivity contribution in [2.75, 3.05) is 13.1 Å². The predicted molar refractivity (Wildman–Crippen MR) is 64.5 cm³/mol. The highest BCUT2D eigenvalue weighted by Gasteiger charge is 2.54. The number of aliphatic carboxylic acids is 1. The van der Waals surface area contributed by atoms with E-state index in [-0.39, 0.29) is 5.92 Å². The Morgan fingerprint density at radius 1 is 1.29 bits per heavy atom. The first-order chi connectivity index (χ1) is 8.17. The van der Waals surface area contributed by atoms with Gasteiger partial charge in [-0.25, -0.2) is 0 Å². The predicted octanol–water partition coefficient (Wildman–Crippen LogP) is 1.98. The van der Waals surface area contributed by atoms with Crippen LogP contribution >= 0.6 is 0 Å². The van der Waals surface area contributed by atoms with Crippen molar-refractivity contribution >= 4 is 5.97 Å². The molecule has 3 rings (SSSR count). The van der Waals surface area contributed by atoms with Crippen molar-refractivity contribution in [2.24, 2.45) is 11.3 Å². The molecule has 2 aliphatic rings. The Morgan fingerprint density at radius 2 is 1.94 bits per heavy atom. The molecule has 90 valence electrons. The van der Waals surface area contributed by atoms with E-state index in [4.69, 9.17) is 5.11 Å². The van der Waals surface area contributed by atoms with Gasteiger partial charge in [0.05, 0.1) is 5.92 Å². The van der Waals surface area contributed by atoms with Crippen LogP contribution in [0.1, 0.15) is 18.4 Å². The lowest BCUT2D eigenvalue weighted by Gasteiger charge is -2.58. The molecule has 0 aromatic heterocycles. The van der Waals surface area contributed by atoms with Crippen LogP contribution in [-0.4, -0.2) is 29.1 Å². The van der Waals surface area contributed by atoms with Gasteiger partial charge in [-0.3, -0.25) is 9.69 Å². The Hall–Kier alpha value is -1.35. The molecule has 1 saturated heterocycles. The largest absolute Gasteiger partial charge is 0.481 e. The Kier molecular flexibility index (Phi) is 2.44. The summed E-state index contributed by atoms with van der Waals surface area (Å²) in [7, 11) is 0. The topological polar surface area (TPSA) is 40.5 Å². The fraction of sp³-hybridized carbons (Fsp3) is 0.500. The molecule has 1 aliphatic carbocycles. The lowest BCUT2D eigenvalue weighted by atomic mass is 9.57. The van der Waals surface area contributed by atoms with E-state index < -0.39 is 5.97 Å². The van der Waals surface area contributed by atoms with E-state index in [0.717, 1.165) is 32.5 Å². The maximum atomic E-state index is 10.8. The molecular weight excluding hydrogens is 214 g/mol. The molecule has 1 spiro atoms. The van der Waals surface area contributed by atoms with E-state index >= 15 is 0 Å². The maximum absolute atomic E-state index is 10.8. The molecule has 17 heavy (non-hydrogen) atoms. The molecule has 3 nitrogen and oxygen atoms in total. The lowest BCUT2D eigenvalue weighted by Crippen LogP contribution is -2.62. The third kappa shape index (κ3) is 1.95. The zero-order valence-electron chi connectivity index (χ0n) is 9.80. The van der Waals surface area contributed by atoms with Gasteiger partial charge in [0.15, 0.2) is 0 Å². The second-order valence-corrected chi connectivity index (χ2v) is 5.57. The third-order valence-corrected chi connectivity index (χ3v) is 4.08. The smallest absolute Gasteiger partial charge is 0.306 e. The molecule has 1 heterocycles. The number of benzene rings is 1. The first-order valence-electron chi connectivity index (χ1n) is 6.16. The third-order valence-electron chi connectivity index (χ3n) is 4.08. The van der Waals surface area contributed by atoms with Crippen molar-refractivity contribution in [3.63, 3.8) is 0 Å². The number of likely N-dealkylation sites (tertiary alicyclic amines) is 1. The average Bonchev–Trinajstić information content (AvgIpc) is 2.20. The lowest BCUT2D eigenvalue weighted by molar-refractivity contribution is -0.161. The zero-order valence-corrected chi connectivity index (χ0v) is 9.80. The molecule has 1 saturated carbocycles. The fourth-order valence-corrected chi connectivity index (χ4v) is 3.27. The van der Waals surface area contributed by atoms with Crippen molar-refractivity contribution in [2.45, 2.75) is 19.4 Å². The van der Waals surface area contributed by atoms with Crippen molar-refractivity contribution < 1.29 is 9.90 Å². The van der Waals surface area contributed by atoms with E-state index in [0.29, 0.717) is 5.41 Å². The van der Waals surface area contributed by atoms with E-state index in [9.17, 15) is 4.79 Å². The number of carboxylic acid groups (broad SMARTS) is 1. The quantitative estimate of drug-likeness (QED) is 0.864. The second kappa shape index (κ2) is 3.84. The molecule has 0 unspecified atom stereocenters. The van der Waals surface area contributed by atoms with Crippen LogP contribution in [0.3, 0.4) is 0 Å². The van der Waals surface area contributed by atoms with Crippen LogP contribution in [0.2, 0.25) is 0 Å². The minimum absolute atomic E-state index is 0.0751. The van der Waals surface area contributed by atoms with E-state index in [1.807, 2.05) is 6.07 Å². The standard InChI is InChI=1S/C14H17NO2/c16-13(17)12-6-14(7-12)9-15(10-14)8-11-4-2-1-3-5-11/h1-5,12H,6-10H2,(H,16,17). The highest BCUT2D eigenvalue weighted by molar-refractivity contribution is 5.71. The summed E-state index contributed by atoms with van der Waals surface area (Å²) in [6.45, 7) is 3.15. The summed E-state index contributed by atoms with van der Waals surface area (Å²) in [6, 6.07) is 10.4. The van der Waals surface area contributed by atoms with E-state index in [2.05, 4.69) is 29.2 Å². The Morgan fingerprint density at radius 3 is 2.53 bits per heavy atom. The van der Waals surface area contributed by atoms with Gasteiger partial charge in [0, 0.05) is 19.6 Å². The maximum Gasteiger partial charge on any atom is 0.306 e. The number of carboxylic acids is 1. The summed E-state index contributed by atoms with van der Waals surface area (Å²) in [5.41, 5.74) is 1.69. The highest BCUT2D eigenvalue weighted by atomic mass is 16.4. The number of carbonyl (C=O) groups is 1. The highest BCUT2D eigenvalue weighted by Crippen LogP contribution is 2.52. The zero-order chi connectivity index (χ0) is 11.9. The first kappa shape index (κ1) is 10.8. The molecule has 0 bridgehead atoms. The van der Waals surface area contributed by atoms with Gasteiger partial charge < -0.3 is 5.11 Å². The van der Waals surface area contributed by atoms with Gasteiger partial charge in [-0.1, -0.05) is 30.3 Å². The molecule has 0 atom stereocenters. The van der Waals surface area contributed by atoms with E-state index in [1.54, 1.807) is 0 Å². The van der Waals surface area contributed by atoms with Crippen LogP contribution < -0.4 is 0 Å². The molecular formula is C14H17NO2. The summed E-state index contributed by atoms with van der Waals surface area (Å²) in [6.07, 6.45) is 1.77. The monoisotopic (exact) mass is 231 g/mol. The summed E-state index contributed by atoms with van der Waals surface area (Å²) in [5, 5.41) is 8.87. The number of hydrogen-bond donors (Lipinski definition) is 1. The van der Waals surface area contributed by atoms with Gasteiger partial charge in [0.25, 0.3) is 0 Å². The van der Waals surface area contributed by atoms with Crippen molar-refractivity contribution in [3.8, 4) is 0 Å². The summed E-state index contributed by atoms with van der Waals surface area (Å²) < 4.78 is 0. The SMILES string of the molecule is O=C(O)C1CC2(C1)CN(Cc1ccccc1)C2. The van der Waals surface area contributed by atoms with Gasteiger partial charge in [0.1, 0.15) is 0 Å². The normalized spacial score (nSPS) is 23.1. The van der Waals surface area contributed by atoms with Crippen LogP contribution in [0, 0.1) is 11.3 Å². The number of nitrogens with zero attached hydrogens (tertiary/aromatic N) is 1. The van der Waals surface area contributed by atoms with Crippen molar-refractivity contribution in [1.82, 2.24) is 4.90 Å². The Bertz CT molecular complexity index is 415. The molecule has 0 radical (unpaired) electrons. The number of hydrogen-bond acceptors (Lipinski definition) is 2. The number of rotatable bonds is 3. The van der Waals surface area contributed by atoms with Crippen LogP contribution in [0.4, 0.5) is 0 Å². The Balaban J connectivity index is 1.49. The van der Waals surface area contributed by atoms with Gasteiger partial charge in [-0.15, -0.1) is 0 Å². The molecule has 0 amide bonds. The molecule has 1 aliphatic heterocycles. The minimum atomic E-state index is -0.614. The van der Waals surface area contributed by atoms with Crippen molar-refractivity contribution in [3.05, 3.63) is 35.9 Å². The second-order valence-electron chi connectivity index (χ2n) is 5.57. The van der Waals surface area contributed by atoms with Crippen LogP contribution in [0.15, 0.2) is 30.3 Å². The minimum Gasteiger partial charge on any atom is -0.481 e. The molecule has 1 aromatic carbocycles. The molecule has 1 N–H and O–H groups in total. The van der Waals surface area contributed by atoms with E-state index in [1.165, 1.54) is 5.56 Å². The van der Waals surface area contributed by atoms with Crippen LogP contribution in [0.25, 0.3) is 0 Å². The van der Waals surface area contributed by atoms with Gasteiger partial charge in [-0.05, 0) is 23.8 Å². The van der Waals surface area contributed by atoms with Crippen LogP contribution in [-0.2, 0) is 11.3 Å².